The van der Waals surface area contributed by atoms with Crippen LogP contribution in [0, 0.1) is 0 Å². The highest BCUT2D eigenvalue weighted by Crippen LogP contribution is 2.20. The molecule has 0 radical (unpaired) electrons. The van der Waals surface area contributed by atoms with Gasteiger partial charge in [0.1, 0.15) is 0 Å². The van der Waals surface area contributed by atoms with E-state index in [-0.39, 0.29) is 0 Å². The van der Waals surface area contributed by atoms with Crippen molar-refractivity contribution >= 4 is 11.4 Å². The van der Waals surface area contributed by atoms with E-state index in [0.29, 0.717) is 0 Å². The van der Waals surface area contributed by atoms with Crippen LogP contribution in [-0.2, 0) is 19.6 Å². The second-order valence-electron chi connectivity index (χ2n) is 6.03. The maximum atomic E-state index is 6.13. The number of rotatable bonds is 6. The molecule has 3 heteroatoms. The maximum absolute atomic E-state index is 6.13. The highest BCUT2D eigenvalue weighted by atomic mass is 15.1. The van der Waals surface area contributed by atoms with E-state index in [9.17, 15) is 0 Å². The fraction of sp³-hybridized carbons (Fsp3) is 0.143. The maximum Gasteiger partial charge on any atom is 0.0359 e. The van der Waals surface area contributed by atoms with Gasteiger partial charge in [-0.3, -0.25) is 4.90 Å². The summed E-state index contributed by atoms with van der Waals surface area (Å²) in [6.45, 7) is 2.43. The molecule has 0 unspecified atom stereocenters. The Labute approximate surface area is 143 Å². The molecule has 0 saturated carbocycles. The molecule has 24 heavy (non-hydrogen) atoms. The Hall–Kier alpha value is -2.78. The molecule has 3 rings (SSSR count). The van der Waals surface area contributed by atoms with Crippen LogP contribution in [0.4, 0.5) is 11.4 Å². The van der Waals surface area contributed by atoms with Gasteiger partial charge in [-0.2, -0.15) is 0 Å². The van der Waals surface area contributed by atoms with Crippen molar-refractivity contribution < 1.29 is 0 Å². The van der Waals surface area contributed by atoms with Crippen molar-refractivity contribution in [1.29, 1.82) is 0 Å². The zero-order valence-corrected chi connectivity index (χ0v) is 13.7. The van der Waals surface area contributed by atoms with Crippen molar-refractivity contribution in [2.24, 2.45) is 0 Å². The van der Waals surface area contributed by atoms with Crippen LogP contribution in [0.1, 0.15) is 16.7 Å². The molecule has 0 saturated heterocycles. The number of hydrogen-bond donors (Lipinski definition) is 2. The van der Waals surface area contributed by atoms with E-state index in [1.165, 1.54) is 5.56 Å². The van der Waals surface area contributed by atoms with Gasteiger partial charge >= 0.3 is 0 Å². The lowest BCUT2D eigenvalue weighted by atomic mass is 10.1. The number of anilines is 2. The first-order chi connectivity index (χ1) is 11.7. The van der Waals surface area contributed by atoms with E-state index in [0.717, 1.165) is 42.1 Å². The average Bonchev–Trinajstić information content (AvgIpc) is 2.60. The molecule has 0 aliphatic carbocycles. The first-order valence-corrected chi connectivity index (χ1v) is 8.15. The quantitative estimate of drug-likeness (QED) is 0.674. The van der Waals surface area contributed by atoms with Gasteiger partial charge in [0, 0.05) is 31.0 Å². The van der Waals surface area contributed by atoms with Crippen molar-refractivity contribution in [3.63, 3.8) is 0 Å². The summed E-state index contributed by atoms with van der Waals surface area (Å²) in [5.74, 6) is 0. The van der Waals surface area contributed by atoms with Crippen molar-refractivity contribution in [3.8, 4) is 0 Å². The molecule has 0 bridgehead atoms. The molecule has 3 aromatic rings. The van der Waals surface area contributed by atoms with Crippen LogP contribution in [0.2, 0.25) is 0 Å². The van der Waals surface area contributed by atoms with Crippen LogP contribution in [0.15, 0.2) is 78.9 Å². The summed E-state index contributed by atoms with van der Waals surface area (Å²) in [6.07, 6.45) is 0. The molecule has 0 spiro atoms. The topological polar surface area (TPSA) is 55.3 Å². The SMILES string of the molecule is Nc1ccccc1CN(Cc1ccccc1)Cc1ccccc1N. The normalized spacial score (nSPS) is 10.9. The largest absolute Gasteiger partial charge is 0.398 e. The van der Waals surface area contributed by atoms with Crippen molar-refractivity contribution in [2.45, 2.75) is 19.6 Å². The van der Waals surface area contributed by atoms with E-state index in [2.05, 4.69) is 41.3 Å². The molecule has 0 aliphatic rings. The third-order valence-electron chi connectivity index (χ3n) is 4.15. The summed E-state index contributed by atoms with van der Waals surface area (Å²) in [4.78, 5) is 2.37. The summed E-state index contributed by atoms with van der Waals surface area (Å²) in [5, 5.41) is 0. The third kappa shape index (κ3) is 4.15. The minimum Gasteiger partial charge on any atom is -0.398 e. The minimum absolute atomic E-state index is 0.788. The van der Waals surface area contributed by atoms with Gasteiger partial charge in [0.25, 0.3) is 0 Å². The van der Waals surface area contributed by atoms with E-state index in [1.807, 2.05) is 42.5 Å². The smallest absolute Gasteiger partial charge is 0.0359 e. The van der Waals surface area contributed by atoms with Gasteiger partial charge in [-0.25, -0.2) is 0 Å². The molecular formula is C21H23N3. The molecule has 4 N–H and O–H groups in total. The van der Waals surface area contributed by atoms with E-state index >= 15 is 0 Å². The van der Waals surface area contributed by atoms with Crippen LogP contribution < -0.4 is 11.5 Å². The number of nitrogen functional groups attached to an aromatic ring is 2. The number of hydrogen-bond acceptors (Lipinski definition) is 3. The molecule has 0 fully saturated rings. The van der Waals surface area contributed by atoms with Gasteiger partial charge in [-0.05, 0) is 28.8 Å². The van der Waals surface area contributed by atoms with Crippen LogP contribution in [0.3, 0.4) is 0 Å². The van der Waals surface area contributed by atoms with Crippen LogP contribution in [0.25, 0.3) is 0 Å². The lowest BCUT2D eigenvalue weighted by Gasteiger charge is -2.24. The summed E-state index contributed by atoms with van der Waals surface area (Å²) in [7, 11) is 0. The second kappa shape index (κ2) is 7.66. The summed E-state index contributed by atoms with van der Waals surface area (Å²) in [5.41, 5.74) is 17.5. The standard InChI is InChI=1S/C21H23N3/c22-20-12-6-4-10-18(20)15-24(14-17-8-2-1-3-9-17)16-19-11-5-7-13-21(19)23/h1-13H,14-16,22-23H2. The molecule has 0 amide bonds. The minimum atomic E-state index is 0.788. The fourth-order valence-corrected chi connectivity index (χ4v) is 2.85. The number of benzene rings is 3. The first-order valence-electron chi connectivity index (χ1n) is 8.15. The monoisotopic (exact) mass is 317 g/mol. The summed E-state index contributed by atoms with van der Waals surface area (Å²) >= 11 is 0. The molecule has 0 atom stereocenters. The Bertz CT molecular complexity index is 736. The van der Waals surface area contributed by atoms with Crippen LogP contribution in [-0.4, -0.2) is 4.90 Å². The van der Waals surface area contributed by atoms with Crippen molar-refractivity contribution in [2.75, 3.05) is 11.5 Å². The van der Waals surface area contributed by atoms with E-state index < -0.39 is 0 Å². The Morgan fingerprint density at radius 2 is 1.00 bits per heavy atom. The van der Waals surface area contributed by atoms with Gasteiger partial charge < -0.3 is 11.5 Å². The van der Waals surface area contributed by atoms with Crippen LogP contribution in [0.5, 0.6) is 0 Å². The van der Waals surface area contributed by atoms with E-state index in [4.69, 9.17) is 11.5 Å². The number of nitrogens with two attached hydrogens (primary N) is 2. The van der Waals surface area contributed by atoms with Crippen molar-refractivity contribution in [1.82, 2.24) is 4.90 Å². The predicted octanol–water partition coefficient (Wildman–Crippen LogP) is 4.05. The fourth-order valence-electron chi connectivity index (χ4n) is 2.85. The Morgan fingerprint density at radius 3 is 1.50 bits per heavy atom. The van der Waals surface area contributed by atoms with Gasteiger partial charge in [0.15, 0.2) is 0 Å². The molecule has 0 aliphatic heterocycles. The zero-order chi connectivity index (χ0) is 16.8. The van der Waals surface area contributed by atoms with Crippen LogP contribution >= 0.6 is 0 Å². The number of para-hydroxylation sites is 2. The van der Waals surface area contributed by atoms with Crippen molar-refractivity contribution in [3.05, 3.63) is 95.6 Å². The Balaban J connectivity index is 1.83. The van der Waals surface area contributed by atoms with Gasteiger partial charge in [-0.1, -0.05) is 66.7 Å². The lowest BCUT2D eigenvalue weighted by Crippen LogP contribution is -2.23. The van der Waals surface area contributed by atoms with Gasteiger partial charge in [0.05, 0.1) is 0 Å². The molecule has 3 aromatic carbocycles. The Morgan fingerprint density at radius 1 is 0.542 bits per heavy atom. The molecule has 122 valence electrons. The highest BCUT2D eigenvalue weighted by molar-refractivity contribution is 5.47. The Kier molecular flexibility index (Phi) is 5.14. The average molecular weight is 317 g/mol. The number of nitrogens with zero attached hydrogens (tertiary/aromatic N) is 1. The first kappa shape index (κ1) is 16.1. The third-order valence-corrected chi connectivity index (χ3v) is 4.15. The van der Waals surface area contributed by atoms with Gasteiger partial charge in [0.2, 0.25) is 0 Å². The predicted molar refractivity (Wildman–Crippen MR) is 101 cm³/mol. The lowest BCUT2D eigenvalue weighted by molar-refractivity contribution is 0.248. The zero-order valence-electron chi connectivity index (χ0n) is 13.7. The van der Waals surface area contributed by atoms with E-state index in [1.54, 1.807) is 0 Å². The summed E-state index contributed by atoms with van der Waals surface area (Å²) < 4.78 is 0. The molecule has 0 heterocycles. The highest BCUT2D eigenvalue weighted by Gasteiger charge is 2.11. The molecule has 0 aromatic heterocycles. The van der Waals surface area contributed by atoms with Gasteiger partial charge in [-0.15, -0.1) is 0 Å². The molecular weight excluding hydrogens is 294 g/mol. The molecule has 3 nitrogen and oxygen atoms in total. The summed E-state index contributed by atoms with van der Waals surface area (Å²) in [6, 6.07) is 26.5. The second-order valence-corrected chi connectivity index (χ2v) is 6.03.